The van der Waals surface area contributed by atoms with Crippen molar-refractivity contribution in [3.8, 4) is 0 Å². The van der Waals surface area contributed by atoms with E-state index in [2.05, 4.69) is 58.1 Å². The van der Waals surface area contributed by atoms with Crippen LogP contribution >= 0.6 is 0 Å². The minimum absolute atomic E-state index is 0.0805. The van der Waals surface area contributed by atoms with Gasteiger partial charge in [-0.05, 0) is 42.1 Å². The maximum atomic E-state index is 11.9. The standard InChI is InChI=1S/C30H44O6Si/c1-23(31)36-27-21-33-26(22-35-37(5,6)30(2,3)4)28(29(27)34-20-25-16-11-8-12-17-25)32-19-13-18-24-14-9-7-10-15-24/h7-12,14-17,26-29H,13,18-22H2,1-6H3/t26?,27?,28-,29+/m1/s1. The molecule has 2 aromatic rings. The Morgan fingerprint density at radius 2 is 1.57 bits per heavy atom. The molecule has 1 aliphatic heterocycles. The molecule has 7 heteroatoms. The zero-order valence-electron chi connectivity index (χ0n) is 23.3. The highest BCUT2D eigenvalue weighted by Gasteiger charge is 2.46. The van der Waals surface area contributed by atoms with Crippen molar-refractivity contribution in [2.24, 2.45) is 0 Å². The highest BCUT2D eigenvalue weighted by Crippen LogP contribution is 2.37. The lowest BCUT2D eigenvalue weighted by Crippen LogP contribution is -2.58. The quantitative estimate of drug-likeness (QED) is 0.193. The second-order valence-electron chi connectivity index (χ2n) is 11.3. The topological polar surface area (TPSA) is 63.2 Å². The van der Waals surface area contributed by atoms with Gasteiger partial charge in [0.2, 0.25) is 0 Å². The van der Waals surface area contributed by atoms with E-state index < -0.39 is 26.6 Å². The molecule has 1 fully saturated rings. The molecule has 1 saturated heterocycles. The predicted molar refractivity (Wildman–Crippen MR) is 148 cm³/mol. The summed E-state index contributed by atoms with van der Waals surface area (Å²) >= 11 is 0. The van der Waals surface area contributed by atoms with Gasteiger partial charge in [-0.25, -0.2) is 0 Å². The normalized spacial score (nSPS) is 22.5. The maximum absolute atomic E-state index is 11.9. The first-order chi connectivity index (χ1) is 17.6. The summed E-state index contributed by atoms with van der Waals surface area (Å²) in [6.07, 6.45) is 0.00967. The third kappa shape index (κ3) is 9.04. The molecular weight excluding hydrogens is 484 g/mol. The number of carbonyl (C=O) groups excluding carboxylic acids is 1. The van der Waals surface area contributed by atoms with Crippen LogP contribution in [0.3, 0.4) is 0 Å². The van der Waals surface area contributed by atoms with E-state index in [0.717, 1.165) is 18.4 Å². The fourth-order valence-electron chi connectivity index (χ4n) is 4.11. The van der Waals surface area contributed by atoms with Gasteiger partial charge in [-0.1, -0.05) is 81.4 Å². The maximum Gasteiger partial charge on any atom is 0.303 e. The molecule has 0 saturated carbocycles. The minimum Gasteiger partial charge on any atom is -0.457 e. The Labute approximate surface area is 223 Å². The van der Waals surface area contributed by atoms with Crippen LogP contribution in [0.4, 0.5) is 0 Å². The fourth-order valence-corrected chi connectivity index (χ4v) is 5.12. The molecule has 4 atom stereocenters. The Morgan fingerprint density at radius 1 is 0.946 bits per heavy atom. The van der Waals surface area contributed by atoms with Crippen LogP contribution in [0.25, 0.3) is 0 Å². The Bertz CT molecular complexity index is 944. The van der Waals surface area contributed by atoms with Crippen molar-refractivity contribution in [1.82, 2.24) is 0 Å². The molecule has 1 heterocycles. The molecule has 0 radical (unpaired) electrons. The van der Waals surface area contributed by atoms with Crippen LogP contribution < -0.4 is 0 Å². The lowest BCUT2D eigenvalue weighted by Gasteiger charge is -2.43. The molecule has 204 valence electrons. The molecule has 2 aromatic carbocycles. The van der Waals surface area contributed by atoms with Crippen LogP contribution in [0.5, 0.6) is 0 Å². The van der Waals surface area contributed by atoms with E-state index in [-0.39, 0.29) is 23.7 Å². The summed E-state index contributed by atoms with van der Waals surface area (Å²) < 4.78 is 31.3. The number of aryl methyl sites for hydroxylation is 1. The van der Waals surface area contributed by atoms with Gasteiger partial charge in [-0.15, -0.1) is 0 Å². The Kier molecular flexibility index (Phi) is 10.9. The second kappa shape index (κ2) is 13.7. The molecular formula is C30H44O6Si. The first-order valence-electron chi connectivity index (χ1n) is 13.3. The van der Waals surface area contributed by atoms with Gasteiger partial charge in [0, 0.05) is 13.5 Å². The van der Waals surface area contributed by atoms with Crippen molar-refractivity contribution in [2.75, 3.05) is 19.8 Å². The highest BCUT2D eigenvalue weighted by molar-refractivity contribution is 6.74. The van der Waals surface area contributed by atoms with Crippen LogP contribution in [0.1, 0.15) is 45.2 Å². The molecule has 0 N–H and O–H groups in total. The largest absolute Gasteiger partial charge is 0.457 e. The monoisotopic (exact) mass is 528 g/mol. The molecule has 0 aliphatic carbocycles. The summed E-state index contributed by atoms with van der Waals surface area (Å²) in [7, 11) is -2.00. The Balaban J connectivity index is 1.75. The van der Waals surface area contributed by atoms with Gasteiger partial charge in [0.05, 0.1) is 19.8 Å². The number of ether oxygens (including phenoxy) is 4. The van der Waals surface area contributed by atoms with Crippen molar-refractivity contribution < 1.29 is 28.2 Å². The number of hydrogen-bond donors (Lipinski definition) is 0. The van der Waals surface area contributed by atoms with Gasteiger partial charge >= 0.3 is 5.97 Å². The number of rotatable bonds is 12. The summed E-state index contributed by atoms with van der Waals surface area (Å²) in [4.78, 5) is 11.9. The van der Waals surface area contributed by atoms with Crippen molar-refractivity contribution in [1.29, 1.82) is 0 Å². The van der Waals surface area contributed by atoms with Crippen LogP contribution in [-0.4, -0.2) is 58.5 Å². The molecule has 0 amide bonds. The summed E-state index contributed by atoms with van der Waals surface area (Å²) in [5.74, 6) is -0.360. The van der Waals surface area contributed by atoms with Gasteiger partial charge < -0.3 is 23.4 Å². The van der Waals surface area contributed by atoms with E-state index in [9.17, 15) is 4.79 Å². The lowest BCUT2D eigenvalue weighted by molar-refractivity contribution is -0.235. The molecule has 3 rings (SSSR count). The van der Waals surface area contributed by atoms with Crippen LogP contribution in [0, 0.1) is 0 Å². The van der Waals surface area contributed by atoms with Crippen LogP contribution in [0.15, 0.2) is 60.7 Å². The predicted octanol–water partition coefficient (Wildman–Crippen LogP) is 5.94. The van der Waals surface area contributed by atoms with E-state index in [4.69, 9.17) is 23.4 Å². The summed E-state index contributed by atoms with van der Waals surface area (Å²) in [6, 6.07) is 20.4. The Morgan fingerprint density at radius 3 is 2.16 bits per heavy atom. The molecule has 1 aliphatic rings. The molecule has 0 spiro atoms. The van der Waals surface area contributed by atoms with Crippen molar-refractivity contribution in [2.45, 2.75) is 89.7 Å². The number of carbonyl (C=O) groups is 1. The second-order valence-corrected chi connectivity index (χ2v) is 16.1. The van der Waals surface area contributed by atoms with Crippen molar-refractivity contribution >= 4 is 14.3 Å². The first kappa shape index (κ1) is 29.5. The van der Waals surface area contributed by atoms with E-state index in [0.29, 0.717) is 19.8 Å². The minimum atomic E-state index is -2.00. The van der Waals surface area contributed by atoms with Crippen LogP contribution in [-0.2, 0) is 41.2 Å². The van der Waals surface area contributed by atoms with Gasteiger partial charge in [-0.3, -0.25) is 4.79 Å². The summed E-state index contributed by atoms with van der Waals surface area (Å²) in [5, 5.41) is 0.0805. The number of hydrogen-bond acceptors (Lipinski definition) is 6. The molecule has 0 bridgehead atoms. The molecule has 2 unspecified atom stereocenters. The third-order valence-electron chi connectivity index (χ3n) is 7.31. The SMILES string of the molecule is CC(=O)OC1COC(CO[Si](C)(C)C(C)(C)C)[C@@H](OCCCc2ccccc2)[C@H]1OCc1ccccc1. The third-order valence-corrected chi connectivity index (χ3v) is 11.8. The fraction of sp³-hybridized carbons (Fsp3) is 0.567. The van der Waals surface area contributed by atoms with E-state index in [1.807, 2.05) is 36.4 Å². The zero-order chi connectivity index (χ0) is 26.9. The lowest BCUT2D eigenvalue weighted by atomic mass is 9.99. The van der Waals surface area contributed by atoms with Gasteiger partial charge in [-0.2, -0.15) is 0 Å². The van der Waals surface area contributed by atoms with E-state index in [1.54, 1.807) is 0 Å². The zero-order valence-corrected chi connectivity index (χ0v) is 24.3. The average Bonchev–Trinajstić information content (AvgIpc) is 2.85. The van der Waals surface area contributed by atoms with E-state index >= 15 is 0 Å². The first-order valence-corrected chi connectivity index (χ1v) is 16.2. The average molecular weight is 529 g/mol. The number of esters is 1. The van der Waals surface area contributed by atoms with Gasteiger partial charge in [0.1, 0.15) is 18.3 Å². The molecule has 0 aromatic heterocycles. The van der Waals surface area contributed by atoms with E-state index in [1.165, 1.54) is 12.5 Å². The smallest absolute Gasteiger partial charge is 0.303 e. The van der Waals surface area contributed by atoms with Gasteiger partial charge in [0.15, 0.2) is 14.4 Å². The van der Waals surface area contributed by atoms with Crippen molar-refractivity contribution in [3.05, 3.63) is 71.8 Å². The van der Waals surface area contributed by atoms with Gasteiger partial charge in [0.25, 0.3) is 0 Å². The summed E-state index contributed by atoms with van der Waals surface area (Å²) in [5.41, 5.74) is 2.32. The number of benzene rings is 2. The van der Waals surface area contributed by atoms with Crippen LogP contribution in [0.2, 0.25) is 18.1 Å². The summed E-state index contributed by atoms with van der Waals surface area (Å²) in [6.45, 7) is 14.1. The van der Waals surface area contributed by atoms with Crippen molar-refractivity contribution in [3.63, 3.8) is 0 Å². The molecule has 37 heavy (non-hydrogen) atoms. The molecule has 6 nitrogen and oxygen atoms in total. The Hall–Kier alpha value is -2.03. The highest BCUT2D eigenvalue weighted by atomic mass is 28.4.